The van der Waals surface area contributed by atoms with Crippen LogP contribution in [0.2, 0.25) is 0 Å². The summed E-state index contributed by atoms with van der Waals surface area (Å²) in [5.74, 6) is -2.15. The van der Waals surface area contributed by atoms with Gasteiger partial charge in [-0.2, -0.15) is 22.5 Å². The zero-order valence-corrected chi connectivity index (χ0v) is 23.5. The highest BCUT2D eigenvalue weighted by Crippen LogP contribution is 2.37. The fourth-order valence-corrected chi connectivity index (χ4v) is 5.94. The van der Waals surface area contributed by atoms with Gasteiger partial charge in [0.1, 0.15) is 17.2 Å². The molecule has 0 saturated heterocycles. The van der Waals surface area contributed by atoms with Crippen molar-refractivity contribution in [3.05, 3.63) is 93.4 Å². The van der Waals surface area contributed by atoms with Gasteiger partial charge >= 0.3 is 11.9 Å². The van der Waals surface area contributed by atoms with Crippen molar-refractivity contribution in [3.8, 4) is 11.5 Å². The van der Waals surface area contributed by atoms with E-state index in [0.29, 0.717) is 11.8 Å². The van der Waals surface area contributed by atoms with Crippen molar-refractivity contribution >= 4 is 20.4 Å². The lowest BCUT2D eigenvalue weighted by molar-refractivity contribution is -0.137. The molecule has 0 amide bonds. The van der Waals surface area contributed by atoms with Gasteiger partial charge in [-0.15, -0.1) is 0 Å². The molecule has 0 saturated carbocycles. The molecular formula is C28H29F5N2O5S. The Morgan fingerprint density at radius 3 is 2.27 bits per heavy atom. The number of alkyl halides is 3. The van der Waals surface area contributed by atoms with Crippen LogP contribution < -0.4 is 15.2 Å². The Morgan fingerprint density at radius 2 is 1.68 bits per heavy atom. The van der Waals surface area contributed by atoms with Crippen LogP contribution in [-0.4, -0.2) is 49.9 Å². The number of hydrogen-bond donors (Lipinski definition) is 1. The van der Waals surface area contributed by atoms with Gasteiger partial charge in [0.25, 0.3) is 0 Å². The molecule has 0 spiro atoms. The van der Waals surface area contributed by atoms with Crippen molar-refractivity contribution in [2.75, 3.05) is 32.0 Å². The predicted octanol–water partition coefficient (Wildman–Crippen LogP) is 5.70. The Balaban J connectivity index is 2.09. The van der Waals surface area contributed by atoms with Crippen molar-refractivity contribution in [1.29, 1.82) is 0 Å². The van der Waals surface area contributed by atoms with E-state index >= 15 is 4.39 Å². The van der Waals surface area contributed by atoms with Crippen molar-refractivity contribution in [2.45, 2.75) is 25.7 Å². The Labute approximate surface area is 232 Å². The smallest absolute Gasteiger partial charge is 0.416 e. The second-order valence-electron chi connectivity index (χ2n) is 10.2. The number of imidazole rings is 1. The van der Waals surface area contributed by atoms with Crippen molar-refractivity contribution in [2.24, 2.45) is 0 Å². The maximum atomic E-state index is 15.6. The van der Waals surface area contributed by atoms with E-state index in [-0.39, 0.29) is 29.5 Å². The monoisotopic (exact) mass is 600 g/mol. The SMILES string of the molecule is CCOc1cc(C(CS(C)(C)(=O)O)n2c(=O)n(Cc3ccccc3F)c3cc(C(F)(F)F)cc(F)c32)ccc1OC. The third-order valence-corrected chi connectivity index (χ3v) is 7.71. The Kier molecular flexibility index (Phi) is 7.82. The van der Waals surface area contributed by atoms with Crippen LogP contribution in [0, 0.1) is 11.6 Å². The topological polar surface area (TPSA) is 82.7 Å². The van der Waals surface area contributed by atoms with Crippen LogP contribution in [0.25, 0.3) is 11.0 Å². The van der Waals surface area contributed by atoms with Gasteiger partial charge in [-0.25, -0.2) is 17.8 Å². The number of aromatic nitrogens is 2. The molecule has 7 nitrogen and oxygen atoms in total. The number of halogens is 5. The quantitative estimate of drug-likeness (QED) is 0.250. The number of fused-ring (bicyclic) bond motifs is 1. The summed E-state index contributed by atoms with van der Waals surface area (Å²) in [6.45, 7) is 1.42. The molecule has 1 unspecified atom stereocenters. The van der Waals surface area contributed by atoms with Crippen molar-refractivity contribution in [1.82, 2.24) is 9.13 Å². The second-order valence-corrected chi connectivity index (χ2v) is 14.5. The minimum absolute atomic E-state index is 0.0267. The molecule has 41 heavy (non-hydrogen) atoms. The number of nitrogens with zero attached hydrogens (tertiary/aromatic N) is 2. The van der Waals surface area contributed by atoms with E-state index in [2.05, 4.69) is 0 Å². The Morgan fingerprint density at radius 1 is 1.00 bits per heavy atom. The predicted molar refractivity (Wildman–Crippen MR) is 146 cm³/mol. The van der Waals surface area contributed by atoms with E-state index in [1.807, 2.05) is 0 Å². The fraction of sp³-hybridized carbons (Fsp3) is 0.321. The summed E-state index contributed by atoms with van der Waals surface area (Å²) in [7, 11) is -3.04. The van der Waals surface area contributed by atoms with E-state index in [0.717, 1.165) is 27.7 Å². The lowest BCUT2D eigenvalue weighted by Gasteiger charge is -2.37. The zero-order chi connectivity index (χ0) is 30.4. The van der Waals surface area contributed by atoms with Gasteiger partial charge in [0, 0.05) is 18.1 Å². The summed E-state index contributed by atoms with van der Waals surface area (Å²) in [4.78, 5) is 14.0. The van der Waals surface area contributed by atoms with E-state index in [4.69, 9.17) is 9.47 Å². The molecule has 4 aromatic rings. The first-order valence-corrected chi connectivity index (χ1v) is 15.3. The molecule has 1 aromatic heterocycles. The van der Waals surface area contributed by atoms with Crippen LogP contribution in [-0.2, 0) is 22.1 Å². The van der Waals surface area contributed by atoms with Crippen molar-refractivity contribution < 1.29 is 40.2 Å². The normalized spacial score (nSPS) is 14.0. The van der Waals surface area contributed by atoms with Gasteiger partial charge in [0.05, 0.1) is 43.1 Å². The summed E-state index contributed by atoms with van der Waals surface area (Å²) in [6, 6.07) is 9.32. The molecule has 13 heteroatoms. The fourth-order valence-electron chi connectivity index (χ4n) is 4.70. The molecule has 1 atom stereocenters. The molecule has 1 N–H and O–H groups in total. The van der Waals surface area contributed by atoms with Crippen LogP contribution >= 0.6 is 0 Å². The van der Waals surface area contributed by atoms with Crippen LogP contribution in [0.5, 0.6) is 11.5 Å². The Bertz CT molecular complexity index is 1730. The molecule has 0 fully saturated rings. The molecule has 0 aliphatic rings. The molecule has 4 rings (SSSR count). The number of methoxy groups -OCH3 is 1. The number of benzene rings is 3. The van der Waals surface area contributed by atoms with Crippen LogP contribution in [0.3, 0.4) is 0 Å². The molecular weight excluding hydrogens is 571 g/mol. The van der Waals surface area contributed by atoms with Crippen molar-refractivity contribution in [3.63, 3.8) is 0 Å². The lowest BCUT2D eigenvalue weighted by Crippen LogP contribution is -2.40. The number of ether oxygens (including phenoxy) is 2. The van der Waals surface area contributed by atoms with Gasteiger partial charge in [0.15, 0.2) is 11.5 Å². The minimum Gasteiger partial charge on any atom is -0.493 e. The first-order valence-electron chi connectivity index (χ1n) is 12.4. The van der Waals surface area contributed by atoms with Gasteiger partial charge in [-0.3, -0.25) is 9.13 Å². The van der Waals surface area contributed by atoms with Crippen LogP contribution in [0.4, 0.5) is 22.0 Å². The molecule has 0 aliphatic carbocycles. The summed E-state index contributed by atoms with van der Waals surface area (Å²) >= 11 is 0. The van der Waals surface area contributed by atoms with E-state index < -0.39 is 67.8 Å². The molecule has 0 aliphatic heterocycles. The molecule has 1 heterocycles. The van der Waals surface area contributed by atoms with Gasteiger partial charge in [-0.1, -0.05) is 24.3 Å². The third kappa shape index (κ3) is 6.46. The number of rotatable bonds is 9. The van der Waals surface area contributed by atoms with E-state index in [1.165, 1.54) is 43.5 Å². The molecule has 0 bridgehead atoms. The zero-order valence-electron chi connectivity index (χ0n) is 22.7. The first-order chi connectivity index (χ1) is 19.0. The summed E-state index contributed by atoms with van der Waals surface area (Å²) in [6.07, 6.45) is -2.81. The third-order valence-electron chi connectivity index (χ3n) is 6.44. The van der Waals surface area contributed by atoms with Crippen LogP contribution in [0.1, 0.15) is 29.7 Å². The van der Waals surface area contributed by atoms with Crippen LogP contribution in [0.15, 0.2) is 59.4 Å². The highest BCUT2D eigenvalue weighted by Gasteiger charge is 2.35. The number of hydrogen-bond acceptors (Lipinski definition) is 4. The average molecular weight is 601 g/mol. The lowest BCUT2D eigenvalue weighted by atomic mass is 10.1. The molecule has 0 radical (unpaired) electrons. The second kappa shape index (κ2) is 10.6. The van der Waals surface area contributed by atoms with E-state index in [9.17, 15) is 31.1 Å². The first kappa shape index (κ1) is 30.3. The largest absolute Gasteiger partial charge is 0.493 e. The standard InChI is InChI=1S/C28H29F5N2O5S/c1-5-40-25-12-17(10-11-24(25)39-2)23(16-41(3,4,37)38)35-26-21(30)13-19(28(31,32)33)14-22(26)34(27(35)36)15-18-8-6-7-9-20(18)29/h6-14,23H,5,15-16H2,1-4H3,(H,37,38). The summed E-state index contributed by atoms with van der Waals surface area (Å²) < 4.78 is 108. The highest BCUT2D eigenvalue weighted by atomic mass is 32.3. The highest BCUT2D eigenvalue weighted by molar-refractivity contribution is 8.13. The minimum atomic E-state index is -4.95. The Hall–Kier alpha value is -3.71. The van der Waals surface area contributed by atoms with E-state index in [1.54, 1.807) is 6.92 Å². The maximum absolute atomic E-state index is 15.6. The molecule has 222 valence electrons. The summed E-state index contributed by atoms with van der Waals surface area (Å²) in [5.41, 5.74) is -3.13. The summed E-state index contributed by atoms with van der Waals surface area (Å²) in [5, 5.41) is 0. The molecule has 3 aromatic carbocycles. The van der Waals surface area contributed by atoms with Gasteiger partial charge in [0.2, 0.25) is 0 Å². The van der Waals surface area contributed by atoms with Gasteiger partial charge in [-0.05, 0) is 42.8 Å². The maximum Gasteiger partial charge on any atom is 0.416 e. The average Bonchev–Trinajstić information content (AvgIpc) is 3.14. The van der Waals surface area contributed by atoms with Gasteiger partial charge < -0.3 is 14.0 Å².